The SMILES string of the molecule is CC(CNc1ccc(Cl)cn1)CN1CCCC1. The second kappa shape index (κ2) is 6.22. The van der Waals surface area contributed by atoms with Crippen LogP contribution in [-0.4, -0.2) is 36.1 Å². The van der Waals surface area contributed by atoms with Crippen molar-refractivity contribution in [3.05, 3.63) is 23.4 Å². The summed E-state index contributed by atoms with van der Waals surface area (Å²) >= 11 is 5.79. The van der Waals surface area contributed by atoms with Gasteiger partial charge >= 0.3 is 0 Å². The minimum Gasteiger partial charge on any atom is -0.370 e. The molecule has 1 N–H and O–H groups in total. The van der Waals surface area contributed by atoms with E-state index in [0.29, 0.717) is 10.9 Å². The summed E-state index contributed by atoms with van der Waals surface area (Å²) in [6.45, 7) is 6.96. The molecule has 17 heavy (non-hydrogen) atoms. The van der Waals surface area contributed by atoms with E-state index < -0.39 is 0 Å². The number of nitrogens with one attached hydrogen (secondary N) is 1. The van der Waals surface area contributed by atoms with Crippen molar-refractivity contribution in [2.75, 3.05) is 31.5 Å². The molecule has 94 valence electrons. The number of aromatic nitrogens is 1. The van der Waals surface area contributed by atoms with Gasteiger partial charge in [0, 0.05) is 19.3 Å². The number of halogens is 1. The van der Waals surface area contributed by atoms with E-state index in [1.54, 1.807) is 6.20 Å². The van der Waals surface area contributed by atoms with Gasteiger partial charge in [-0.2, -0.15) is 0 Å². The molecule has 0 saturated carbocycles. The minimum atomic E-state index is 0.644. The molecule has 1 atom stereocenters. The number of hydrogen-bond donors (Lipinski definition) is 1. The summed E-state index contributed by atoms with van der Waals surface area (Å²) in [5, 5.41) is 4.03. The largest absolute Gasteiger partial charge is 0.370 e. The Balaban J connectivity index is 1.71. The van der Waals surface area contributed by atoms with E-state index in [1.807, 2.05) is 12.1 Å². The zero-order valence-corrected chi connectivity index (χ0v) is 11.1. The van der Waals surface area contributed by atoms with E-state index in [9.17, 15) is 0 Å². The number of nitrogens with zero attached hydrogens (tertiary/aromatic N) is 2. The highest BCUT2D eigenvalue weighted by molar-refractivity contribution is 6.30. The molecular weight excluding hydrogens is 234 g/mol. The van der Waals surface area contributed by atoms with E-state index >= 15 is 0 Å². The first-order valence-corrected chi connectivity index (χ1v) is 6.69. The highest BCUT2D eigenvalue weighted by Crippen LogP contribution is 2.12. The van der Waals surface area contributed by atoms with Gasteiger partial charge in [0.25, 0.3) is 0 Å². The molecule has 1 fully saturated rings. The van der Waals surface area contributed by atoms with Crippen LogP contribution in [0.3, 0.4) is 0 Å². The van der Waals surface area contributed by atoms with E-state index in [2.05, 4.69) is 22.1 Å². The quantitative estimate of drug-likeness (QED) is 0.875. The molecule has 1 aliphatic rings. The third kappa shape index (κ3) is 4.17. The first-order chi connectivity index (χ1) is 8.24. The third-order valence-corrected chi connectivity index (χ3v) is 3.35. The number of likely N-dealkylation sites (tertiary alicyclic amines) is 1. The van der Waals surface area contributed by atoms with Crippen LogP contribution in [0.15, 0.2) is 18.3 Å². The molecule has 0 aliphatic carbocycles. The molecule has 2 rings (SSSR count). The maximum absolute atomic E-state index is 5.79. The van der Waals surface area contributed by atoms with Crippen molar-refractivity contribution < 1.29 is 0 Å². The van der Waals surface area contributed by atoms with Crippen molar-refractivity contribution in [3.63, 3.8) is 0 Å². The second-order valence-electron chi connectivity index (χ2n) is 4.86. The van der Waals surface area contributed by atoms with Gasteiger partial charge in [0.05, 0.1) is 5.02 Å². The lowest BCUT2D eigenvalue weighted by Crippen LogP contribution is -2.28. The molecule has 2 heterocycles. The van der Waals surface area contributed by atoms with Crippen LogP contribution in [0.25, 0.3) is 0 Å². The van der Waals surface area contributed by atoms with Crippen LogP contribution < -0.4 is 5.32 Å². The fraction of sp³-hybridized carbons (Fsp3) is 0.615. The molecule has 0 aromatic carbocycles. The summed E-state index contributed by atoms with van der Waals surface area (Å²) in [5.41, 5.74) is 0. The van der Waals surface area contributed by atoms with Crippen molar-refractivity contribution in [2.24, 2.45) is 5.92 Å². The van der Waals surface area contributed by atoms with Crippen LogP contribution in [0.4, 0.5) is 5.82 Å². The van der Waals surface area contributed by atoms with Gasteiger partial charge in [0.15, 0.2) is 0 Å². The molecule has 4 heteroatoms. The summed E-state index contributed by atoms with van der Waals surface area (Å²) in [6, 6.07) is 3.78. The third-order valence-electron chi connectivity index (χ3n) is 3.13. The topological polar surface area (TPSA) is 28.2 Å². The Labute approximate surface area is 108 Å². The monoisotopic (exact) mass is 253 g/mol. The van der Waals surface area contributed by atoms with Crippen molar-refractivity contribution in [2.45, 2.75) is 19.8 Å². The van der Waals surface area contributed by atoms with E-state index in [0.717, 1.165) is 12.4 Å². The lowest BCUT2D eigenvalue weighted by Gasteiger charge is -2.20. The minimum absolute atomic E-state index is 0.644. The number of anilines is 1. The molecule has 0 spiro atoms. The van der Waals surface area contributed by atoms with Crippen LogP contribution in [0.1, 0.15) is 19.8 Å². The molecular formula is C13H20ClN3. The van der Waals surface area contributed by atoms with Gasteiger partial charge in [-0.25, -0.2) is 4.98 Å². The Hall–Kier alpha value is -0.800. The Kier molecular flexibility index (Phi) is 4.63. The average molecular weight is 254 g/mol. The van der Waals surface area contributed by atoms with Gasteiger partial charge < -0.3 is 10.2 Å². The summed E-state index contributed by atoms with van der Waals surface area (Å²) in [6.07, 6.45) is 4.40. The first kappa shape index (κ1) is 12.7. The molecule has 1 aromatic rings. The maximum atomic E-state index is 5.79. The van der Waals surface area contributed by atoms with Crippen molar-refractivity contribution in [3.8, 4) is 0 Å². The smallest absolute Gasteiger partial charge is 0.125 e. The summed E-state index contributed by atoms with van der Waals surface area (Å²) in [7, 11) is 0. The highest BCUT2D eigenvalue weighted by atomic mass is 35.5. The number of rotatable bonds is 5. The Morgan fingerprint density at radius 2 is 2.18 bits per heavy atom. The van der Waals surface area contributed by atoms with Crippen molar-refractivity contribution in [1.29, 1.82) is 0 Å². The van der Waals surface area contributed by atoms with Crippen molar-refractivity contribution >= 4 is 17.4 Å². The van der Waals surface area contributed by atoms with Gasteiger partial charge in [-0.05, 0) is 44.0 Å². The molecule has 1 aromatic heterocycles. The highest BCUT2D eigenvalue weighted by Gasteiger charge is 2.14. The van der Waals surface area contributed by atoms with E-state index in [-0.39, 0.29) is 0 Å². The Bertz CT molecular complexity index is 333. The van der Waals surface area contributed by atoms with E-state index in [1.165, 1.54) is 32.5 Å². The second-order valence-corrected chi connectivity index (χ2v) is 5.29. The van der Waals surface area contributed by atoms with Gasteiger partial charge in [0.2, 0.25) is 0 Å². The summed E-state index contributed by atoms with van der Waals surface area (Å²) in [5.74, 6) is 1.55. The lowest BCUT2D eigenvalue weighted by atomic mass is 10.1. The van der Waals surface area contributed by atoms with Gasteiger partial charge in [-0.1, -0.05) is 18.5 Å². The normalized spacial score (nSPS) is 18.2. The number of hydrogen-bond acceptors (Lipinski definition) is 3. The van der Waals surface area contributed by atoms with Crippen LogP contribution in [0.5, 0.6) is 0 Å². The molecule has 1 unspecified atom stereocenters. The molecule has 1 aliphatic heterocycles. The van der Waals surface area contributed by atoms with Gasteiger partial charge in [-0.15, -0.1) is 0 Å². The summed E-state index contributed by atoms with van der Waals surface area (Å²) < 4.78 is 0. The molecule has 0 bridgehead atoms. The first-order valence-electron chi connectivity index (χ1n) is 6.32. The van der Waals surface area contributed by atoms with E-state index in [4.69, 9.17) is 11.6 Å². The summed E-state index contributed by atoms with van der Waals surface area (Å²) in [4.78, 5) is 6.77. The Morgan fingerprint density at radius 1 is 1.41 bits per heavy atom. The predicted molar refractivity (Wildman–Crippen MR) is 72.6 cm³/mol. The fourth-order valence-electron chi connectivity index (χ4n) is 2.23. The number of pyridine rings is 1. The predicted octanol–water partition coefficient (Wildman–Crippen LogP) is 2.88. The van der Waals surface area contributed by atoms with Crippen molar-refractivity contribution in [1.82, 2.24) is 9.88 Å². The zero-order chi connectivity index (χ0) is 12.1. The Morgan fingerprint density at radius 3 is 2.82 bits per heavy atom. The zero-order valence-electron chi connectivity index (χ0n) is 10.3. The fourth-order valence-corrected chi connectivity index (χ4v) is 2.34. The molecule has 0 radical (unpaired) electrons. The maximum Gasteiger partial charge on any atom is 0.125 e. The van der Waals surface area contributed by atoms with Crippen LogP contribution in [-0.2, 0) is 0 Å². The van der Waals surface area contributed by atoms with Crippen LogP contribution >= 0.6 is 11.6 Å². The van der Waals surface area contributed by atoms with Gasteiger partial charge in [0.1, 0.15) is 5.82 Å². The van der Waals surface area contributed by atoms with Crippen LogP contribution in [0.2, 0.25) is 5.02 Å². The standard InChI is InChI=1S/C13H20ClN3/c1-11(10-17-6-2-3-7-17)8-15-13-5-4-12(14)9-16-13/h4-5,9,11H,2-3,6-8,10H2,1H3,(H,15,16). The molecule has 3 nitrogen and oxygen atoms in total. The average Bonchev–Trinajstić information content (AvgIpc) is 2.81. The van der Waals surface area contributed by atoms with Gasteiger partial charge in [-0.3, -0.25) is 0 Å². The molecule has 0 amide bonds. The lowest BCUT2D eigenvalue weighted by molar-refractivity contribution is 0.294. The van der Waals surface area contributed by atoms with Crippen LogP contribution in [0, 0.1) is 5.92 Å². The molecule has 1 saturated heterocycles.